The Labute approximate surface area is 284 Å². The quantitative estimate of drug-likeness (QED) is 0.0600. The fourth-order valence-corrected chi connectivity index (χ4v) is 12.9. The SMILES string of the molecule is CC(C)(C)P(c1cc2ccccc2[cH-]1)C(C)(C)C.CCCCCCP(CCCCCC)c1cc2ccccc2[cH-]1.[Cl][Ti][Cl]. The second kappa shape index (κ2) is 20.1. The van der Waals surface area contributed by atoms with Gasteiger partial charge in [-0.05, 0) is 35.5 Å². The summed E-state index contributed by atoms with van der Waals surface area (Å²) in [6, 6.07) is 27.3. The van der Waals surface area contributed by atoms with Crippen molar-refractivity contribution < 1.29 is 17.0 Å². The number of rotatable bonds is 12. The van der Waals surface area contributed by atoms with Crippen molar-refractivity contribution in [1.82, 2.24) is 0 Å². The third-order valence-corrected chi connectivity index (χ3v) is 13.9. The molecular formula is C38H56Cl2P2Ti-2. The van der Waals surface area contributed by atoms with E-state index in [1.165, 1.54) is 85.2 Å². The van der Waals surface area contributed by atoms with Gasteiger partial charge in [0.25, 0.3) is 0 Å². The van der Waals surface area contributed by atoms with Gasteiger partial charge in [-0.25, -0.2) is 0 Å². The van der Waals surface area contributed by atoms with Gasteiger partial charge >= 0.3 is 35.6 Å². The molecule has 0 N–H and O–H groups in total. The number of benzene rings is 2. The second-order valence-corrected chi connectivity index (χ2v) is 22.5. The number of unbranched alkanes of at least 4 members (excludes halogenated alkanes) is 6. The van der Waals surface area contributed by atoms with Crippen LogP contribution in [0.4, 0.5) is 0 Å². The van der Waals surface area contributed by atoms with Crippen LogP contribution in [0.3, 0.4) is 0 Å². The van der Waals surface area contributed by atoms with Gasteiger partial charge in [0.2, 0.25) is 0 Å². The van der Waals surface area contributed by atoms with Gasteiger partial charge in [-0.3, -0.25) is 0 Å². The molecule has 238 valence electrons. The zero-order valence-electron chi connectivity index (χ0n) is 28.1. The minimum atomic E-state index is -0.556. The van der Waals surface area contributed by atoms with Crippen molar-refractivity contribution in [3.8, 4) is 0 Å². The van der Waals surface area contributed by atoms with Gasteiger partial charge in [-0.2, -0.15) is 12.1 Å². The van der Waals surface area contributed by atoms with Crippen LogP contribution in [-0.2, 0) is 17.0 Å². The fraction of sp³-hybridized carbons (Fsp3) is 0.526. The molecule has 5 heteroatoms. The molecule has 0 fully saturated rings. The van der Waals surface area contributed by atoms with Gasteiger partial charge in [0.1, 0.15) is 0 Å². The van der Waals surface area contributed by atoms with E-state index < -0.39 is 17.0 Å². The molecule has 0 nitrogen and oxygen atoms in total. The summed E-state index contributed by atoms with van der Waals surface area (Å²) in [7, 11) is 9.66. The van der Waals surface area contributed by atoms with Crippen LogP contribution in [0.25, 0.3) is 21.5 Å². The number of fused-ring (bicyclic) bond motifs is 2. The van der Waals surface area contributed by atoms with Crippen molar-refractivity contribution in [1.29, 1.82) is 0 Å². The standard InChI is InChI=1S/C21H32P.C17H24P.2ClH.Ti/c1-3-5-7-11-15-22(16-12-8-6-4-2)21-17-19-13-9-10-14-20(19)18-21;1-16(2,3)18(17(4,5)6)15-11-13-9-7-8-10-14(13)12-15;;;/h9-10,13-14,17-18H,3-8,11-12,15-16H2,1-2H3;7-12H,1-6H3;2*1H;/q2*-1;;;+2/p-2. The van der Waals surface area contributed by atoms with Gasteiger partial charge < -0.3 is 0 Å². The van der Waals surface area contributed by atoms with E-state index in [4.69, 9.17) is 18.6 Å². The predicted molar refractivity (Wildman–Crippen MR) is 201 cm³/mol. The van der Waals surface area contributed by atoms with Crippen molar-refractivity contribution in [2.75, 3.05) is 12.3 Å². The summed E-state index contributed by atoms with van der Waals surface area (Å²) in [5.74, 6) is 0. The topological polar surface area (TPSA) is 0 Å². The molecule has 0 bridgehead atoms. The van der Waals surface area contributed by atoms with Crippen molar-refractivity contribution >= 4 is 66.6 Å². The van der Waals surface area contributed by atoms with E-state index in [1.807, 2.05) is 0 Å². The van der Waals surface area contributed by atoms with E-state index in [1.54, 1.807) is 10.6 Å². The molecule has 0 aliphatic heterocycles. The Morgan fingerprint density at radius 2 is 1.00 bits per heavy atom. The summed E-state index contributed by atoms with van der Waals surface area (Å²) < 4.78 is 0. The van der Waals surface area contributed by atoms with Crippen LogP contribution >= 0.6 is 34.5 Å². The summed E-state index contributed by atoms with van der Waals surface area (Å²) in [5.41, 5.74) is 0. The molecule has 0 saturated heterocycles. The van der Waals surface area contributed by atoms with Crippen molar-refractivity contribution in [2.24, 2.45) is 0 Å². The number of hydrogen-bond acceptors (Lipinski definition) is 0. The first-order valence-electron chi connectivity index (χ1n) is 16.3. The molecule has 0 atom stereocenters. The molecule has 4 aromatic carbocycles. The molecule has 0 unspecified atom stereocenters. The summed E-state index contributed by atoms with van der Waals surface area (Å²) in [6.45, 7) is 18.9. The molecule has 0 heterocycles. The van der Waals surface area contributed by atoms with Crippen molar-refractivity contribution in [3.63, 3.8) is 0 Å². The molecule has 0 amide bonds. The van der Waals surface area contributed by atoms with E-state index in [0.29, 0.717) is 10.3 Å². The molecule has 0 radical (unpaired) electrons. The third-order valence-electron chi connectivity index (χ3n) is 7.73. The van der Waals surface area contributed by atoms with Crippen LogP contribution in [-0.4, -0.2) is 22.6 Å². The van der Waals surface area contributed by atoms with Crippen LogP contribution in [0, 0.1) is 0 Å². The first kappa shape index (κ1) is 39.0. The molecule has 0 saturated carbocycles. The van der Waals surface area contributed by atoms with E-state index in [-0.39, 0.29) is 15.8 Å². The Hall–Kier alpha value is -0.186. The number of halogens is 2. The van der Waals surface area contributed by atoms with E-state index in [2.05, 4.69) is 128 Å². The van der Waals surface area contributed by atoms with E-state index >= 15 is 0 Å². The Bertz CT molecular complexity index is 1200. The van der Waals surface area contributed by atoms with Crippen LogP contribution in [0.2, 0.25) is 0 Å². The Morgan fingerprint density at radius 1 is 0.605 bits per heavy atom. The van der Waals surface area contributed by atoms with Crippen LogP contribution in [0.15, 0.2) is 72.8 Å². The first-order valence-corrected chi connectivity index (χ1v) is 23.6. The first-order chi connectivity index (χ1) is 20.5. The maximum atomic E-state index is 4.89. The molecule has 0 spiro atoms. The van der Waals surface area contributed by atoms with Crippen molar-refractivity contribution in [2.45, 2.75) is 117 Å². The summed E-state index contributed by atoms with van der Waals surface area (Å²) in [5, 5.41) is 9.53. The van der Waals surface area contributed by atoms with Gasteiger partial charge in [0, 0.05) is 0 Å². The van der Waals surface area contributed by atoms with Crippen LogP contribution in [0.1, 0.15) is 107 Å². The molecular weight excluding hydrogens is 637 g/mol. The normalized spacial score (nSPS) is 11.9. The summed E-state index contributed by atoms with van der Waals surface area (Å²) in [4.78, 5) is 0. The van der Waals surface area contributed by atoms with Crippen LogP contribution < -0.4 is 10.6 Å². The van der Waals surface area contributed by atoms with E-state index in [0.717, 1.165) is 0 Å². The predicted octanol–water partition coefficient (Wildman–Crippen LogP) is 13.5. The third kappa shape index (κ3) is 13.6. The van der Waals surface area contributed by atoms with Gasteiger partial charge in [-0.15, -0.1) is 80.7 Å². The molecule has 43 heavy (non-hydrogen) atoms. The zero-order valence-corrected chi connectivity index (χ0v) is 33.0. The van der Waals surface area contributed by atoms with Gasteiger partial charge in [0.15, 0.2) is 0 Å². The molecule has 4 aromatic rings. The zero-order chi connectivity index (χ0) is 31.9. The molecule has 0 aromatic heterocycles. The van der Waals surface area contributed by atoms with Gasteiger partial charge in [0.05, 0.1) is 0 Å². The molecule has 4 rings (SSSR count). The monoisotopic (exact) mass is 692 g/mol. The average molecular weight is 694 g/mol. The van der Waals surface area contributed by atoms with E-state index in [9.17, 15) is 0 Å². The average Bonchev–Trinajstić information content (AvgIpc) is 3.55. The Kier molecular flexibility index (Phi) is 18.3. The molecule has 0 aliphatic rings. The summed E-state index contributed by atoms with van der Waals surface area (Å²) >= 11 is -0.556. The molecule has 0 aliphatic carbocycles. The Morgan fingerprint density at radius 3 is 1.40 bits per heavy atom. The second-order valence-electron chi connectivity index (χ2n) is 13.5. The number of hydrogen-bond donors (Lipinski definition) is 0. The van der Waals surface area contributed by atoms with Crippen molar-refractivity contribution in [3.05, 3.63) is 72.8 Å². The maximum absolute atomic E-state index is 4.89. The minimum absolute atomic E-state index is 0.0642. The Balaban J connectivity index is 0.000000279. The van der Waals surface area contributed by atoms with Gasteiger partial charge in [-0.1, -0.05) is 122 Å². The fourth-order valence-electron chi connectivity index (χ4n) is 6.19. The summed E-state index contributed by atoms with van der Waals surface area (Å²) in [6.07, 6.45) is 14.1. The van der Waals surface area contributed by atoms with Crippen LogP contribution in [0.5, 0.6) is 0 Å².